The molecule has 12 heteroatoms. The van der Waals surface area contributed by atoms with Crippen LogP contribution in [0.1, 0.15) is 84.4 Å². The predicted octanol–water partition coefficient (Wildman–Crippen LogP) is 7.71. The third-order valence-corrected chi connectivity index (χ3v) is 10.7. The van der Waals surface area contributed by atoms with Crippen molar-refractivity contribution in [1.82, 2.24) is 35.1 Å². The van der Waals surface area contributed by atoms with Crippen LogP contribution in [0.4, 0.5) is 4.79 Å². The molecule has 12 nitrogen and oxygen atoms in total. The summed E-state index contributed by atoms with van der Waals surface area (Å²) in [6, 6.07) is 14.8. The zero-order chi connectivity index (χ0) is 37.8. The number of hydrogen-bond acceptors (Lipinski definition) is 7. The molecule has 3 heterocycles. The second-order valence-electron chi connectivity index (χ2n) is 14.2. The normalized spacial score (nSPS) is 13.8. The Hall–Kier alpha value is -5.39. The number of fused-ring (bicyclic) bond motifs is 6. The van der Waals surface area contributed by atoms with E-state index >= 15 is 0 Å². The summed E-state index contributed by atoms with van der Waals surface area (Å²) < 4.78 is 11.0. The maximum atomic E-state index is 13.3. The Morgan fingerprint density at radius 2 is 1.62 bits per heavy atom. The number of hydrogen-bond donors (Lipinski definition) is 3. The zero-order valence-corrected chi connectivity index (χ0v) is 31.8. The highest BCUT2D eigenvalue weighted by atomic mass is 16.5. The number of amides is 3. The molecule has 1 aliphatic heterocycles. The van der Waals surface area contributed by atoms with Gasteiger partial charge in [-0.2, -0.15) is 0 Å². The van der Waals surface area contributed by atoms with Crippen molar-refractivity contribution < 1.29 is 23.9 Å². The first-order chi connectivity index (χ1) is 25.5. The topological polar surface area (TPSA) is 146 Å². The summed E-state index contributed by atoms with van der Waals surface area (Å²) >= 11 is 0. The molecule has 0 spiro atoms. The molecule has 3 N–H and O–H groups in total. The number of imidazole rings is 2. The highest BCUT2D eigenvalue weighted by molar-refractivity contribution is 6.07. The molecule has 2 aromatic heterocycles. The van der Waals surface area contributed by atoms with E-state index in [4.69, 9.17) is 9.72 Å². The van der Waals surface area contributed by atoms with Crippen molar-refractivity contribution in [3.8, 4) is 28.1 Å². The maximum absolute atomic E-state index is 13.3. The smallest absolute Gasteiger partial charge is 0.407 e. The first kappa shape index (κ1) is 37.4. The van der Waals surface area contributed by atoms with E-state index in [9.17, 15) is 14.4 Å². The predicted molar refractivity (Wildman–Crippen MR) is 206 cm³/mol. The minimum Gasteiger partial charge on any atom is -0.488 e. The summed E-state index contributed by atoms with van der Waals surface area (Å²) in [6.07, 6.45) is 4.28. The number of ether oxygens (including phenoxy) is 2. The van der Waals surface area contributed by atoms with Crippen molar-refractivity contribution in [3.63, 3.8) is 0 Å². The summed E-state index contributed by atoms with van der Waals surface area (Å²) in [6.45, 7) is 13.4. The van der Waals surface area contributed by atoms with E-state index < -0.39 is 6.09 Å². The number of carbonyl (C=O) groups is 3. The second-order valence-corrected chi connectivity index (χ2v) is 14.2. The molecular weight excluding hydrogens is 670 g/mol. The van der Waals surface area contributed by atoms with Crippen LogP contribution in [0.15, 0.2) is 48.7 Å². The van der Waals surface area contributed by atoms with Gasteiger partial charge in [0.1, 0.15) is 30.5 Å². The quantitative estimate of drug-likeness (QED) is 0.107. The van der Waals surface area contributed by atoms with Gasteiger partial charge < -0.3 is 34.6 Å². The minimum absolute atomic E-state index is 0.0473. The molecule has 280 valence electrons. The van der Waals surface area contributed by atoms with Gasteiger partial charge in [-0.05, 0) is 78.9 Å². The fourth-order valence-electron chi connectivity index (χ4n) is 6.80. The van der Waals surface area contributed by atoms with E-state index in [0.29, 0.717) is 31.3 Å². The van der Waals surface area contributed by atoms with E-state index in [2.05, 4.69) is 89.1 Å². The van der Waals surface area contributed by atoms with Gasteiger partial charge in [0, 0.05) is 29.5 Å². The van der Waals surface area contributed by atoms with Gasteiger partial charge in [0.25, 0.3) is 0 Å². The third-order valence-electron chi connectivity index (χ3n) is 10.7. The molecule has 1 unspecified atom stereocenters. The van der Waals surface area contributed by atoms with Crippen LogP contribution in [0.25, 0.3) is 44.2 Å². The Morgan fingerprint density at radius 1 is 0.887 bits per heavy atom. The van der Waals surface area contributed by atoms with Crippen LogP contribution in [0, 0.1) is 5.92 Å². The number of carbonyl (C=O) groups excluding carboxylic acids is 3. The third kappa shape index (κ3) is 8.01. The van der Waals surface area contributed by atoms with Gasteiger partial charge in [0.2, 0.25) is 11.8 Å². The SMILES string of the molecule is CCC(C)CC(=O)N(Cc1nc2ccc3cc4c(cc3c2[nH]1)OCc1cc(-c2cnc(CN(C(=O)CNC(=O)OC)[C@@H](C)CC)[nH]2)ccc1-4)[C@@H](C)CC. The number of H-pyrrole nitrogens is 2. The van der Waals surface area contributed by atoms with Gasteiger partial charge in [-0.3, -0.25) is 9.59 Å². The molecular formula is C41H51N7O5. The van der Waals surface area contributed by atoms with Crippen molar-refractivity contribution in [2.45, 2.75) is 99.0 Å². The monoisotopic (exact) mass is 721 g/mol. The van der Waals surface area contributed by atoms with E-state index in [1.54, 1.807) is 11.1 Å². The lowest BCUT2D eigenvalue weighted by Gasteiger charge is -2.29. The highest BCUT2D eigenvalue weighted by Gasteiger charge is 2.25. The van der Waals surface area contributed by atoms with Gasteiger partial charge in [0.15, 0.2) is 0 Å². The van der Waals surface area contributed by atoms with Crippen molar-refractivity contribution in [2.75, 3.05) is 13.7 Å². The molecule has 3 atom stereocenters. The lowest BCUT2D eigenvalue weighted by atomic mass is 9.92. The minimum atomic E-state index is -0.648. The van der Waals surface area contributed by atoms with Crippen molar-refractivity contribution in [2.24, 2.45) is 5.92 Å². The fraction of sp³-hybridized carbons (Fsp3) is 0.439. The molecule has 0 saturated heterocycles. The van der Waals surface area contributed by atoms with Gasteiger partial charge in [-0.1, -0.05) is 52.3 Å². The summed E-state index contributed by atoms with van der Waals surface area (Å²) in [7, 11) is 1.27. The zero-order valence-electron chi connectivity index (χ0n) is 31.8. The number of aromatic amines is 2. The van der Waals surface area contributed by atoms with E-state index in [-0.39, 0.29) is 37.0 Å². The molecule has 53 heavy (non-hydrogen) atoms. The summed E-state index contributed by atoms with van der Waals surface area (Å²) in [5.74, 6) is 2.53. The van der Waals surface area contributed by atoms with Crippen LogP contribution < -0.4 is 10.1 Å². The molecule has 3 aromatic carbocycles. The van der Waals surface area contributed by atoms with E-state index in [1.165, 1.54) is 7.11 Å². The van der Waals surface area contributed by atoms with Crippen LogP contribution in [0.3, 0.4) is 0 Å². The Labute approximate surface area is 310 Å². The van der Waals surface area contributed by atoms with Crippen LogP contribution in [0.5, 0.6) is 5.75 Å². The number of methoxy groups -OCH3 is 1. The molecule has 0 aliphatic carbocycles. The number of alkyl carbamates (subject to hydrolysis) is 1. The number of nitrogens with zero attached hydrogens (tertiary/aromatic N) is 4. The van der Waals surface area contributed by atoms with Crippen LogP contribution >= 0.6 is 0 Å². The lowest BCUT2D eigenvalue weighted by molar-refractivity contribution is -0.135. The first-order valence-electron chi connectivity index (χ1n) is 18.7. The molecule has 5 aromatic rings. The van der Waals surface area contributed by atoms with Gasteiger partial charge >= 0.3 is 6.09 Å². The molecule has 0 radical (unpaired) electrons. The standard InChI is InChI=1S/C41H51N7O5/c1-8-24(4)15-38(49)47(25(5)9-2)22-37-44-33-14-12-27-17-32-30-13-11-28(16-29(30)23-53-35(32)18-31(27)40(33)46-37)34-19-42-36(45-34)21-48(26(6)10-3)39(50)20-43-41(51)52-7/h11-14,16-19,24-26H,8-10,15,20-23H2,1-7H3,(H,42,45)(H,43,51)(H,44,46)/t24?,25-,26-/m0/s1. The summed E-state index contributed by atoms with van der Waals surface area (Å²) in [5.41, 5.74) is 6.79. The molecule has 0 fully saturated rings. The molecule has 0 saturated carbocycles. The van der Waals surface area contributed by atoms with Crippen molar-refractivity contribution >= 4 is 39.7 Å². The molecule has 3 amide bonds. The van der Waals surface area contributed by atoms with E-state index in [0.717, 1.165) is 80.6 Å². The van der Waals surface area contributed by atoms with Crippen LogP contribution in [0.2, 0.25) is 0 Å². The Bertz CT molecular complexity index is 2120. The van der Waals surface area contributed by atoms with Gasteiger partial charge in [-0.25, -0.2) is 14.8 Å². The van der Waals surface area contributed by atoms with Crippen LogP contribution in [-0.4, -0.2) is 73.4 Å². The fourth-order valence-corrected chi connectivity index (χ4v) is 6.80. The number of nitrogens with one attached hydrogen (secondary N) is 3. The lowest BCUT2D eigenvalue weighted by Crippen LogP contribution is -2.44. The van der Waals surface area contributed by atoms with Crippen molar-refractivity contribution in [3.05, 3.63) is 65.9 Å². The van der Waals surface area contributed by atoms with Crippen LogP contribution in [-0.2, 0) is 34.0 Å². The van der Waals surface area contributed by atoms with Gasteiger partial charge in [0.05, 0.1) is 43.1 Å². The number of rotatable bonds is 14. The number of aromatic nitrogens is 4. The molecule has 1 aliphatic rings. The highest BCUT2D eigenvalue weighted by Crippen LogP contribution is 2.42. The summed E-state index contributed by atoms with van der Waals surface area (Å²) in [5, 5.41) is 4.57. The average molecular weight is 722 g/mol. The Balaban J connectivity index is 1.23. The number of benzene rings is 3. The summed E-state index contributed by atoms with van der Waals surface area (Å²) in [4.78, 5) is 57.9. The Kier molecular flexibility index (Phi) is 11.4. The maximum Gasteiger partial charge on any atom is 0.407 e. The molecule has 6 rings (SSSR count). The van der Waals surface area contributed by atoms with Crippen molar-refractivity contribution in [1.29, 1.82) is 0 Å². The second kappa shape index (κ2) is 16.1. The van der Waals surface area contributed by atoms with Gasteiger partial charge in [-0.15, -0.1) is 0 Å². The molecule has 0 bridgehead atoms. The van der Waals surface area contributed by atoms with E-state index in [1.807, 2.05) is 24.8 Å². The first-order valence-corrected chi connectivity index (χ1v) is 18.7. The largest absolute Gasteiger partial charge is 0.488 e. The average Bonchev–Trinajstić information content (AvgIpc) is 3.83. The Morgan fingerprint density at radius 3 is 2.34 bits per heavy atom.